The summed E-state index contributed by atoms with van der Waals surface area (Å²) in [7, 11) is 0. The largest absolute Gasteiger partial charge is 0.479 e. The predicted molar refractivity (Wildman–Crippen MR) is 89.1 cm³/mol. The Morgan fingerprint density at radius 1 is 1.12 bits per heavy atom. The first-order valence-corrected chi connectivity index (χ1v) is 7.87. The van der Waals surface area contributed by atoms with Gasteiger partial charge >= 0.3 is 5.97 Å². The van der Waals surface area contributed by atoms with E-state index in [2.05, 4.69) is 5.10 Å². The Balaban J connectivity index is 1.67. The molecule has 1 N–H and O–H groups in total. The smallest absolute Gasteiger partial charge is 0.331 e. The van der Waals surface area contributed by atoms with E-state index in [4.69, 9.17) is 0 Å². The van der Waals surface area contributed by atoms with Crippen LogP contribution in [0.5, 0.6) is 0 Å². The van der Waals surface area contributed by atoms with E-state index in [9.17, 15) is 14.7 Å². The van der Waals surface area contributed by atoms with Gasteiger partial charge in [-0.2, -0.15) is 5.10 Å². The Bertz CT molecular complexity index is 730. The molecule has 6 nitrogen and oxygen atoms in total. The van der Waals surface area contributed by atoms with Crippen molar-refractivity contribution >= 4 is 18.0 Å². The maximum absolute atomic E-state index is 12.3. The molecule has 0 aliphatic carbocycles. The molecule has 1 saturated heterocycles. The maximum atomic E-state index is 12.3. The fourth-order valence-electron chi connectivity index (χ4n) is 3.00. The Morgan fingerprint density at radius 2 is 1.83 bits per heavy atom. The molecule has 0 atom stereocenters. The summed E-state index contributed by atoms with van der Waals surface area (Å²) >= 11 is 0. The van der Waals surface area contributed by atoms with Crippen molar-refractivity contribution in [3.05, 3.63) is 60.4 Å². The van der Waals surface area contributed by atoms with Gasteiger partial charge in [0, 0.05) is 44.4 Å². The van der Waals surface area contributed by atoms with E-state index in [1.54, 1.807) is 29.4 Å². The fourth-order valence-corrected chi connectivity index (χ4v) is 3.00. The lowest BCUT2D eigenvalue weighted by molar-refractivity contribution is -0.152. The third kappa shape index (κ3) is 3.08. The number of hydrogen-bond donors (Lipinski definition) is 1. The number of carboxylic acid groups (broad SMARTS) is 1. The molecule has 0 unspecified atom stereocenters. The summed E-state index contributed by atoms with van der Waals surface area (Å²) in [5.74, 6) is -1.00. The molecule has 2 aromatic rings. The van der Waals surface area contributed by atoms with Gasteiger partial charge in [-0.15, -0.1) is 0 Å². The average Bonchev–Trinajstić information content (AvgIpc) is 3.15. The number of rotatable bonds is 4. The first kappa shape index (κ1) is 16.0. The Hall–Kier alpha value is -2.89. The molecule has 0 bridgehead atoms. The van der Waals surface area contributed by atoms with Crippen molar-refractivity contribution in [3.63, 3.8) is 0 Å². The predicted octanol–water partition coefficient (Wildman–Crippen LogP) is 2.00. The van der Waals surface area contributed by atoms with E-state index in [1.165, 1.54) is 10.8 Å². The van der Waals surface area contributed by atoms with E-state index < -0.39 is 11.5 Å². The number of likely N-dealkylation sites (tertiary alicyclic amines) is 1. The second-order valence-electron chi connectivity index (χ2n) is 5.86. The fraction of sp³-hybridized carbons (Fsp3) is 0.278. The van der Waals surface area contributed by atoms with Gasteiger partial charge in [0.15, 0.2) is 5.54 Å². The highest BCUT2D eigenvalue weighted by Crippen LogP contribution is 2.30. The number of piperidine rings is 1. The zero-order valence-electron chi connectivity index (χ0n) is 13.2. The van der Waals surface area contributed by atoms with Crippen LogP contribution >= 0.6 is 0 Å². The number of carbonyl (C=O) groups excluding carboxylic acids is 1. The Kier molecular flexibility index (Phi) is 4.46. The van der Waals surface area contributed by atoms with Gasteiger partial charge < -0.3 is 10.0 Å². The van der Waals surface area contributed by atoms with Crippen molar-refractivity contribution < 1.29 is 14.7 Å². The standard InChI is InChI=1S/C18H19N3O3/c22-16(8-7-15-5-2-1-3-6-15)20-13-9-18(10-14-20,17(23)24)21-12-4-11-19-21/h1-8,11-12H,9-10,13-14H2,(H,23,24)/b8-7+. The van der Waals surface area contributed by atoms with Crippen LogP contribution in [-0.4, -0.2) is 44.8 Å². The number of aliphatic carboxylic acids is 1. The van der Waals surface area contributed by atoms with Crippen molar-refractivity contribution in [3.8, 4) is 0 Å². The highest BCUT2D eigenvalue weighted by atomic mass is 16.4. The number of carboxylic acids is 1. The van der Waals surface area contributed by atoms with E-state index in [-0.39, 0.29) is 5.91 Å². The summed E-state index contributed by atoms with van der Waals surface area (Å²) < 4.78 is 1.50. The minimum atomic E-state index is -1.07. The molecule has 6 heteroatoms. The summed E-state index contributed by atoms with van der Waals surface area (Å²) in [5, 5.41) is 13.8. The molecule has 0 spiro atoms. The average molecular weight is 325 g/mol. The number of aromatic nitrogens is 2. The number of benzene rings is 1. The van der Waals surface area contributed by atoms with Gasteiger partial charge in [-0.05, 0) is 17.7 Å². The van der Waals surface area contributed by atoms with E-state index in [0.29, 0.717) is 25.9 Å². The van der Waals surface area contributed by atoms with Crippen LogP contribution in [0.25, 0.3) is 6.08 Å². The molecule has 0 saturated carbocycles. The lowest BCUT2D eigenvalue weighted by Crippen LogP contribution is -2.52. The van der Waals surface area contributed by atoms with Gasteiger partial charge in [0.25, 0.3) is 0 Å². The molecular formula is C18H19N3O3. The lowest BCUT2D eigenvalue weighted by atomic mass is 9.87. The Labute approximate surface area is 140 Å². The summed E-state index contributed by atoms with van der Waals surface area (Å²) in [6.07, 6.45) is 7.24. The first-order chi connectivity index (χ1) is 11.6. The molecule has 1 fully saturated rings. The molecular weight excluding hydrogens is 306 g/mol. The van der Waals surface area contributed by atoms with Crippen molar-refractivity contribution in [2.75, 3.05) is 13.1 Å². The van der Waals surface area contributed by atoms with E-state index in [0.717, 1.165) is 5.56 Å². The summed E-state index contributed by atoms with van der Waals surface area (Å²) in [6, 6.07) is 11.3. The molecule has 124 valence electrons. The normalized spacial score (nSPS) is 17.1. The zero-order chi connectivity index (χ0) is 17.0. The molecule has 24 heavy (non-hydrogen) atoms. The highest BCUT2D eigenvalue weighted by molar-refractivity contribution is 5.92. The maximum Gasteiger partial charge on any atom is 0.331 e. The third-order valence-electron chi connectivity index (χ3n) is 4.46. The third-order valence-corrected chi connectivity index (χ3v) is 4.46. The Morgan fingerprint density at radius 3 is 2.42 bits per heavy atom. The van der Waals surface area contributed by atoms with Gasteiger partial charge in [-0.1, -0.05) is 30.3 Å². The monoisotopic (exact) mass is 325 g/mol. The summed E-state index contributed by atoms with van der Waals surface area (Å²) in [4.78, 5) is 25.8. The summed E-state index contributed by atoms with van der Waals surface area (Å²) in [6.45, 7) is 0.786. The lowest BCUT2D eigenvalue weighted by Gasteiger charge is -2.38. The first-order valence-electron chi connectivity index (χ1n) is 7.87. The van der Waals surface area contributed by atoms with Crippen LogP contribution in [-0.2, 0) is 15.1 Å². The van der Waals surface area contributed by atoms with Crippen molar-refractivity contribution in [1.29, 1.82) is 0 Å². The van der Waals surface area contributed by atoms with Crippen LogP contribution in [0.2, 0.25) is 0 Å². The highest BCUT2D eigenvalue weighted by Gasteiger charge is 2.44. The quantitative estimate of drug-likeness (QED) is 0.873. The van der Waals surface area contributed by atoms with Gasteiger partial charge in [-0.3, -0.25) is 9.48 Å². The SMILES string of the molecule is O=C(/C=C/c1ccccc1)N1CCC(C(=O)O)(n2cccn2)CC1. The van der Waals surface area contributed by atoms with Gasteiger partial charge in [0.1, 0.15) is 0 Å². The van der Waals surface area contributed by atoms with E-state index in [1.807, 2.05) is 30.3 Å². The van der Waals surface area contributed by atoms with Crippen LogP contribution in [0.3, 0.4) is 0 Å². The molecule has 1 aromatic carbocycles. The molecule has 0 radical (unpaired) electrons. The van der Waals surface area contributed by atoms with Crippen LogP contribution < -0.4 is 0 Å². The second-order valence-corrected chi connectivity index (χ2v) is 5.86. The number of hydrogen-bond acceptors (Lipinski definition) is 3. The molecule has 2 heterocycles. The van der Waals surface area contributed by atoms with Crippen LogP contribution in [0.4, 0.5) is 0 Å². The number of nitrogens with zero attached hydrogens (tertiary/aromatic N) is 3. The van der Waals surface area contributed by atoms with Crippen molar-refractivity contribution in [2.45, 2.75) is 18.4 Å². The summed E-state index contributed by atoms with van der Waals surface area (Å²) in [5.41, 5.74) is -0.108. The molecule has 1 aliphatic rings. The van der Waals surface area contributed by atoms with E-state index >= 15 is 0 Å². The molecule has 1 aliphatic heterocycles. The van der Waals surface area contributed by atoms with Gasteiger partial charge in [-0.25, -0.2) is 4.79 Å². The molecule has 1 amide bonds. The number of carbonyl (C=O) groups is 2. The van der Waals surface area contributed by atoms with Crippen molar-refractivity contribution in [1.82, 2.24) is 14.7 Å². The van der Waals surface area contributed by atoms with Crippen LogP contribution in [0.1, 0.15) is 18.4 Å². The van der Waals surface area contributed by atoms with Gasteiger partial charge in [0.2, 0.25) is 5.91 Å². The van der Waals surface area contributed by atoms with Crippen LogP contribution in [0.15, 0.2) is 54.9 Å². The van der Waals surface area contributed by atoms with Crippen LogP contribution in [0, 0.1) is 0 Å². The zero-order valence-corrected chi connectivity index (χ0v) is 13.2. The minimum absolute atomic E-state index is 0.0988. The topological polar surface area (TPSA) is 75.4 Å². The van der Waals surface area contributed by atoms with Gasteiger partial charge in [0.05, 0.1) is 0 Å². The second kappa shape index (κ2) is 6.70. The van der Waals surface area contributed by atoms with Crippen molar-refractivity contribution in [2.24, 2.45) is 0 Å². The number of amides is 1. The minimum Gasteiger partial charge on any atom is -0.479 e. The molecule has 1 aromatic heterocycles. The molecule has 3 rings (SSSR count).